The predicted octanol–water partition coefficient (Wildman–Crippen LogP) is 2.76. The highest BCUT2D eigenvalue weighted by atomic mass is 35.5. The van der Waals surface area contributed by atoms with Gasteiger partial charge in [-0.3, -0.25) is 9.20 Å². The molecule has 4 aromatic rings. The molecule has 3 aromatic heterocycles. The third-order valence-electron chi connectivity index (χ3n) is 5.69. The minimum atomic E-state index is -1.11. The van der Waals surface area contributed by atoms with Crippen LogP contribution in [0, 0.1) is 0 Å². The zero-order valence-electron chi connectivity index (χ0n) is 16.3. The van der Waals surface area contributed by atoms with E-state index in [4.69, 9.17) is 20.9 Å². The summed E-state index contributed by atoms with van der Waals surface area (Å²) in [6.45, 7) is 0.713. The molecule has 1 N–H and O–H groups in total. The lowest BCUT2D eigenvalue weighted by Gasteiger charge is -2.15. The molecule has 10 heteroatoms. The highest BCUT2D eigenvalue weighted by molar-refractivity contribution is 6.31. The molecular formula is C20H20ClN5O4. The van der Waals surface area contributed by atoms with E-state index < -0.39 is 5.60 Å². The average Bonchev–Trinajstić information content (AvgIpc) is 3.47. The van der Waals surface area contributed by atoms with Crippen LogP contribution in [-0.2, 0) is 16.9 Å². The number of ether oxygens (including phenoxy) is 1. The third-order valence-corrected chi connectivity index (χ3v) is 5.92. The summed E-state index contributed by atoms with van der Waals surface area (Å²) in [6, 6.07) is 5.34. The van der Waals surface area contributed by atoms with Crippen LogP contribution in [0.2, 0.25) is 5.02 Å². The Morgan fingerprint density at radius 1 is 1.30 bits per heavy atom. The van der Waals surface area contributed by atoms with Crippen molar-refractivity contribution in [3.05, 3.63) is 45.8 Å². The van der Waals surface area contributed by atoms with Crippen LogP contribution >= 0.6 is 11.6 Å². The van der Waals surface area contributed by atoms with E-state index >= 15 is 0 Å². The number of fused-ring (bicyclic) bond motifs is 3. The number of hydrogen-bond acceptors (Lipinski definition) is 7. The van der Waals surface area contributed by atoms with Gasteiger partial charge in [-0.1, -0.05) is 16.8 Å². The van der Waals surface area contributed by atoms with Crippen molar-refractivity contribution < 1.29 is 14.4 Å². The molecule has 0 spiro atoms. The van der Waals surface area contributed by atoms with Gasteiger partial charge >= 0.3 is 0 Å². The Morgan fingerprint density at radius 3 is 2.87 bits per heavy atom. The Kier molecular flexibility index (Phi) is 4.61. The van der Waals surface area contributed by atoms with Gasteiger partial charge in [-0.25, -0.2) is 4.98 Å². The van der Waals surface area contributed by atoms with E-state index in [-0.39, 0.29) is 17.3 Å². The largest absolute Gasteiger partial charge is 0.383 e. The molecular weight excluding hydrogens is 410 g/mol. The lowest BCUT2D eigenvalue weighted by molar-refractivity contribution is 0.0112. The molecule has 1 aliphatic rings. The van der Waals surface area contributed by atoms with Crippen molar-refractivity contribution >= 4 is 28.2 Å². The molecule has 0 atom stereocenters. The van der Waals surface area contributed by atoms with E-state index in [0.717, 1.165) is 18.4 Å². The van der Waals surface area contributed by atoms with Gasteiger partial charge in [0.15, 0.2) is 0 Å². The minimum absolute atomic E-state index is 0.170. The predicted molar refractivity (Wildman–Crippen MR) is 110 cm³/mol. The van der Waals surface area contributed by atoms with Crippen molar-refractivity contribution in [2.45, 2.75) is 37.8 Å². The topological polar surface area (TPSA) is 108 Å². The quantitative estimate of drug-likeness (QED) is 0.519. The summed E-state index contributed by atoms with van der Waals surface area (Å²) in [4.78, 5) is 22.2. The first-order valence-electron chi connectivity index (χ1n) is 9.77. The second kappa shape index (κ2) is 7.19. The fourth-order valence-corrected chi connectivity index (χ4v) is 4.31. The second-order valence-corrected chi connectivity index (χ2v) is 7.99. The molecule has 0 aliphatic heterocycles. The number of benzene rings is 1. The Morgan fingerprint density at radius 2 is 2.10 bits per heavy atom. The molecule has 3 heterocycles. The molecule has 30 heavy (non-hydrogen) atoms. The fourth-order valence-electron chi connectivity index (χ4n) is 4.14. The summed E-state index contributed by atoms with van der Waals surface area (Å²) < 4.78 is 13.8. The van der Waals surface area contributed by atoms with Crippen LogP contribution in [0.15, 0.2) is 33.8 Å². The molecule has 0 saturated heterocycles. The zero-order chi connectivity index (χ0) is 20.9. The van der Waals surface area contributed by atoms with Crippen molar-refractivity contribution in [3.8, 4) is 11.5 Å². The van der Waals surface area contributed by atoms with Crippen LogP contribution in [0.1, 0.15) is 31.6 Å². The zero-order valence-corrected chi connectivity index (χ0v) is 17.1. The first-order chi connectivity index (χ1) is 14.5. The van der Waals surface area contributed by atoms with Gasteiger partial charge in [-0.15, -0.1) is 0 Å². The first kappa shape index (κ1) is 19.2. The van der Waals surface area contributed by atoms with Gasteiger partial charge in [0.25, 0.3) is 11.4 Å². The van der Waals surface area contributed by atoms with Crippen molar-refractivity contribution in [1.82, 2.24) is 24.1 Å². The van der Waals surface area contributed by atoms with Gasteiger partial charge in [0.2, 0.25) is 5.82 Å². The molecule has 0 bridgehead atoms. The number of halogens is 1. The van der Waals surface area contributed by atoms with Gasteiger partial charge in [-0.2, -0.15) is 4.98 Å². The van der Waals surface area contributed by atoms with Crippen LogP contribution in [0.4, 0.5) is 0 Å². The molecule has 5 rings (SSSR count). The van der Waals surface area contributed by atoms with Crippen LogP contribution < -0.4 is 5.56 Å². The number of rotatable bonds is 5. The van der Waals surface area contributed by atoms with Crippen molar-refractivity contribution in [2.24, 2.45) is 0 Å². The smallest absolute Gasteiger partial charge is 0.277 e. The molecule has 1 aliphatic carbocycles. The SMILES string of the molecule is COCCn1c(=O)c2c(-c3noc(C4(O)CCCC4)n3)ncn2c2ccc(Cl)cc21. The lowest BCUT2D eigenvalue weighted by atomic mass is 10.0. The van der Waals surface area contributed by atoms with Gasteiger partial charge < -0.3 is 18.9 Å². The Balaban J connectivity index is 1.72. The van der Waals surface area contributed by atoms with Crippen molar-refractivity contribution in [2.75, 3.05) is 13.7 Å². The second-order valence-electron chi connectivity index (χ2n) is 7.56. The summed E-state index contributed by atoms with van der Waals surface area (Å²) in [5.74, 6) is 0.347. The van der Waals surface area contributed by atoms with Gasteiger partial charge in [0.1, 0.15) is 23.1 Å². The molecule has 9 nitrogen and oxygen atoms in total. The number of methoxy groups -OCH3 is 1. The molecule has 1 fully saturated rings. The minimum Gasteiger partial charge on any atom is -0.383 e. The molecule has 0 amide bonds. The summed E-state index contributed by atoms with van der Waals surface area (Å²) in [6.07, 6.45) is 4.52. The monoisotopic (exact) mass is 429 g/mol. The Bertz CT molecular complexity index is 1300. The molecule has 0 unspecified atom stereocenters. The summed E-state index contributed by atoms with van der Waals surface area (Å²) in [5, 5.41) is 15.3. The van der Waals surface area contributed by atoms with Crippen LogP contribution in [0.5, 0.6) is 0 Å². The molecule has 1 saturated carbocycles. The van der Waals surface area contributed by atoms with E-state index in [9.17, 15) is 9.90 Å². The van der Waals surface area contributed by atoms with E-state index in [1.165, 1.54) is 0 Å². The number of imidazole rings is 1. The molecule has 156 valence electrons. The van der Waals surface area contributed by atoms with E-state index in [1.54, 1.807) is 34.5 Å². The van der Waals surface area contributed by atoms with Gasteiger partial charge in [0.05, 0.1) is 17.6 Å². The number of aliphatic hydroxyl groups is 1. The Labute approximate surface area is 175 Å². The average molecular weight is 430 g/mol. The van der Waals surface area contributed by atoms with E-state index in [0.29, 0.717) is 47.7 Å². The maximum Gasteiger partial charge on any atom is 0.277 e. The standard InChI is InChI=1S/C20H20ClN5O4/c1-29-9-8-25-14-10-12(21)4-5-13(14)26-11-22-15(16(26)18(25)27)17-23-19(30-24-17)20(28)6-2-3-7-20/h4-5,10-11,28H,2-3,6-9H2,1H3. The van der Waals surface area contributed by atoms with E-state index in [2.05, 4.69) is 15.1 Å². The van der Waals surface area contributed by atoms with Crippen LogP contribution in [0.3, 0.4) is 0 Å². The number of nitrogens with zero attached hydrogens (tertiary/aromatic N) is 5. The summed E-state index contributed by atoms with van der Waals surface area (Å²) in [7, 11) is 1.58. The highest BCUT2D eigenvalue weighted by Crippen LogP contribution is 2.38. The van der Waals surface area contributed by atoms with Crippen LogP contribution in [-0.4, -0.2) is 42.9 Å². The summed E-state index contributed by atoms with van der Waals surface area (Å²) >= 11 is 6.18. The van der Waals surface area contributed by atoms with Crippen molar-refractivity contribution in [1.29, 1.82) is 0 Å². The maximum absolute atomic E-state index is 13.4. The first-order valence-corrected chi connectivity index (χ1v) is 10.1. The van der Waals surface area contributed by atoms with E-state index in [1.807, 2.05) is 6.07 Å². The van der Waals surface area contributed by atoms with Gasteiger partial charge in [-0.05, 0) is 43.9 Å². The number of hydrogen-bond donors (Lipinski definition) is 1. The van der Waals surface area contributed by atoms with Crippen LogP contribution in [0.25, 0.3) is 28.1 Å². The molecule has 1 aromatic carbocycles. The normalized spacial score (nSPS) is 16.1. The molecule has 0 radical (unpaired) electrons. The van der Waals surface area contributed by atoms with Gasteiger partial charge in [0, 0.05) is 18.7 Å². The number of aromatic nitrogens is 5. The highest BCUT2D eigenvalue weighted by Gasteiger charge is 2.39. The fraction of sp³-hybridized carbons (Fsp3) is 0.400. The maximum atomic E-state index is 13.4. The lowest BCUT2D eigenvalue weighted by Crippen LogP contribution is -2.25. The summed E-state index contributed by atoms with van der Waals surface area (Å²) in [5.41, 5.74) is 0.701. The third kappa shape index (κ3) is 2.92. The Hall–Kier alpha value is -2.75. The van der Waals surface area contributed by atoms with Crippen molar-refractivity contribution in [3.63, 3.8) is 0 Å².